The van der Waals surface area contributed by atoms with Crippen molar-refractivity contribution in [2.45, 2.75) is 5.03 Å². The Morgan fingerprint density at radius 3 is 2.17 bits per heavy atom. The van der Waals surface area contributed by atoms with Gasteiger partial charge in [0.05, 0.1) is 18.2 Å². The van der Waals surface area contributed by atoms with Crippen LogP contribution in [0.15, 0.2) is 59.6 Å². The van der Waals surface area contributed by atoms with Gasteiger partial charge in [0, 0.05) is 17.7 Å². The van der Waals surface area contributed by atoms with E-state index in [-0.39, 0.29) is 0 Å². The van der Waals surface area contributed by atoms with Crippen LogP contribution in [0.2, 0.25) is 0 Å². The smallest absolute Gasteiger partial charge is 0.414 e. The van der Waals surface area contributed by atoms with E-state index in [0.29, 0.717) is 0 Å². The summed E-state index contributed by atoms with van der Waals surface area (Å²) in [6.45, 7) is 1.01. The molecule has 0 atom stereocenters. The lowest BCUT2D eigenvalue weighted by molar-refractivity contribution is -0.159. The van der Waals surface area contributed by atoms with E-state index in [0.717, 1.165) is 45.1 Å². The SMILES string of the molecule is COc1c(-c2ccccc2)c(SCCN(C)C)nc2ccccc12.O=C(O)C(=O)O. The van der Waals surface area contributed by atoms with Gasteiger partial charge in [-0.2, -0.15) is 0 Å². The van der Waals surface area contributed by atoms with E-state index in [1.807, 2.05) is 24.3 Å². The summed E-state index contributed by atoms with van der Waals surface area (Å²) in [6.07, 6.45) is 0. The number of aliphatic carboxylic acids is 2. The van der Waals surface area contributed by atoms with E-state index in [2.05, 4.69) is 49.3 Å². The fraction of sp³-hybridized carbons (Fsp3) is 0.227. The molecule has 1 aromatic heterocycles. The summed E-state index contributed by atoms with van der Waals surface area (Å²) in [6, 6.07) is 18.5. The van der Waals surface area contributed by atoms with Crippen LogP contribution in [0.5, 0.6) is 5.75 Å². The largest absolute Gasteiger partial charge is 0.495 e. The molecule has 8 heteroatoms. The number of pyridine rings is 1. The molecule has 0 saturated heterocycles. The molecule has 0 spiro atoms. The second-order valence-corrected chi connectivity index (χ2v) is 7.55. The highest BCUT2D eigenvalue weighted by atomic mass is 32.2. The van der Waals surface area contributed by atoms with E-state index in [1.54, 1.807) is 18.9 Å². The molecular weight excluding hydrogens is 404 g/mol. The fourth-order valence-corrected chi connectivity index (χ4v) is 3.83. The Morgan fingerprint density at radius 1 is 1.00 bits per heavy atom. The second-order valence-electron chi connectivity index (χ2n) is 6.47. The molecule has 0 bridgehead atoms. The van der Waals surface area contributed by atoms with Gasteiger partial charge in [0.15, 0.2) is 0 Å². The minimum Gasteiger partial charge on any atom is -0.495 e. The quantitative estimate of drug-likeness (QED) is 0.453. The van der Waals surface area contributed by atoms with Crippen molar-refractivity contribution in [3.8, 4) is 16.9 Å². The van der Waals surface area contributed by atoms with Crippen LogP contribution in [0, 0.1) is 0 Å². The summed E-state index contributed by atoms with van der Waals surface area (Å²) in [5.41, 5.74) is 3.20. The number of fused-ring (bicyclic) bond motifs is 1. The summed E-state index contributed by atoms with van der Waals surface area (Å²) in [4.78, 5) is 25.3. The van der Waals surface area contributed by atoms with E-state index in [1.165, 1.54) is 0 Å². The average molecular weight is 429 g/mol. The molecule has 158 valence electrons. The van der Waals surface area contributed by atoms with Gasteiger partial charge in [-0.3, -0.25) is 0 Å². The molecule has 1 heterocycles. The third kappa shape index (κ3) is 6.20. The highest BCUT2D eigenvalue weighted by molar-refractivity contribution is 7.99. The zero-order valence-electron chi connectivity index (χ0n) is 17.0. The number of rotatable bonds is 6. The molecule has 3 rings (SSSR count). The monoisotopic (exact) mass is 428 g/mol. The van der Waals surface area contributed by atoms with Crippen molar-refractivity contribution in [1.29, 1.82) is 0 Å². The Balaban J connectivity index is 0.000000469. The van der Waals surface area contributed by atoms with Gasteiger partial charge < -0.3 is 19.8 Å². The van der Waals surface area contributed by atoms with E-state index >= 15 is 0 Å². The molecule has 3 aromatic rings. The van der Waals surface area contributed by atoms with Crippen LogP contribution >= 0.6 is 11.8 Å². The predicted octanol–water partition coefficient (Wildman–Crippen LogP) is 3.72. The fourth-order valence-electron chi connectivity index (χ4n) is 2.66. The first-order valence-corrected chi connectivity index (χ1v) is 10.1. The van der Waals surface area contributed by atoms with Gasteiger partial charge in [0.25, 0.3) is 0 Å². The normalized spacial score (nSPS) is 10.4. The van der Waals surface area contributed by atoms with Gasteiger partial charge in [0.2, 0.25) is 0 Å². The van der Waals surface area contributed by atoms with Crippen molar-refractivity contribution in [2.24, 2.45) is 0 Å². The van der Waals surface area contributed by atoms with E-state index < -0.39 is 11.9 Å². The number of aromatic nitrogens is 1. The molecule has 2 aromatic carbocycles. The molecule has 2 N–H and O–H groups in total. The number of ether oxygens (including phenoxy) is 1. The number of hydrogen-bond donors (Lipinski definition) is 2. The molecule has 0 fully saturated rings. The van der Waals surface area contributed by atoms with Gasteiger partial charge in [-0.15, -0.1) is 11.8 Å². The highest BCUT2D eigenvalue weighted by Gasteiger charge is 2.17. The topological polar surface area (TPSA) is 100.0 Å². The minimum absolute atomic E-state index is 0.902. The van der Waals surface area contributed by atoms with E-state index in [9.17, 15) is 0 Å². The number of methoxy groups -OCH3 is 1. The van der Waals surface area contributed by atoms with E-state index in [4.69, 9.17) is 29.5 Å². The number of carboxylic acids is 2. The zero-order valence-corrected chi connectivity index (χ0v) is 17.8. The van der Waals surface area contributed by atoms with Gasteiger partial charge >= 0.3 is 11.9 Å². The Hall–Kier alpha value is -3.10. The third-order valence-electron chi connectivity index (χ3n) is 4.04. The van der Waals surface area contributed by atoms with Crippen molar-refractivity contribution in [3.05, 3.63) is 54.6 Å². The lowest BCUT2D eigenvalue weighted by atomic mass is 10.0. The van der Waals surface area contributed by atoms with Gasteiger partial charge in [-0.25, -0.2) is 14.6 Å². The van der Waals surface area contributed by atoms with Crippen molar-refractivity contribution >= 4 is 34.6 Å². The summed E-state index contributed by atoms with van der Waals surface area (Å²) < 4.78 is 5.82. The summed E-state index contributed by atoms with van der Waals surface area (Å²) >= 11 is 1.78. The Bertz CT molecular complexity index is 997. The maximum atomic E-state index is 9.10. The maximum absolute atomic E-state index is 9.10. The lowest BCUT2D eigenvalue weighted by Crippen LogP contribution is -2.14. The summed E-state index contributed by atoms with van der Waals surface area (Å²) in [5, 5.41) is 16.9. The van der Waals surface area contributed by atoms with Crippen LogP contribution in [0.1, 0.15) is 0 Å². The van der Waals surface area contributed by atoms with Crippen molar-refractivity contribution in [3.63, 3.8) is 0 Å². The lowest BCUT2D eigenvalue weighted by Gasteiger charge is -2.17. The van der Waals surface area contributed by atoms with Gasteiger partial charge in [-0.1, -0.05) is 42.5 Å². The number of benzene rings is 2. The molecule has 0 saturated carbocycles. The van der Waals surface area contributed by atoms with Gasteiger partial charge in [0.1, 0.15) is 10.8 Å². The zero-order chi connectivity index (χ0) is 22.1. The van der Waals surface area contributed by atoms with Gasteiger partial charge in [-0.05, 0) is 31.8 Å². The van der Waals surface area contributed by atoms with Crippen molar-refractivity contribution in [2.75, 3.05) is 33.5 Å². The molecule has 7 nitrogen and oxygen atoms in total. The summed E-state index contributed by atoms with van der Waals surface area (Å²) in [5.74, 6) is -1.76. The molecule has 0 unspecified atom stereocenters. The number of hydrogen-bond acceptors (Lipinski definition) is 6. The molecule has 0 aliphatic carbocycles. The van der Waals surface area contributed by atoms with Crippen LogP contribution < -0.4 is 4.74 Å². The highest BCUT2D eigenvalue weighted by Crippen LogP contribution is 2.41. The van der Waals surface area contributed by atoms with Crippen LogP contribution in [0.25, 0.3) is 22.0 Å². The average Bonchev–Trinajstić information content (AvgIpc) is 2.73. The Kier molecular flexibility index (Phi) is 8.64. The summed E-state index contributed by atoms with van der Waals surface area (Å²) in [7, 11) is 5.92. The molecular formula is C22H24N2O5S. The molecule has 0 aliphatic heterocycles. The first-order chi connectivity index (χ1) is 14.3. The Labute approximate surface area is 179 Å². The van der Waals surface area contributed by atoms with Crippen LogP contribution in [-0.2, 0) is 9.59 Å². The first kappa shape index (κ1) is 23.2. The number of para-hydroxylation sites is 1. The Morgan fingerprint density at radius 2 is 1.60 bits per heavy atom. The molecule has 0 amide bonds. The standard InChI is InChI=1S/C20H22N2OS.C2H2O4/c1-22(2)13-14-24-20-18(15-9-5-4-6-10-15)19(23-3)16-11-7-8-12-17(16)21-20;3-1(4)2(5)6/h4-12H,13-14H2,1-3H3;(H,3,4)(H,5,6). The second kappa shape index (κ2) is 11.2. The number of thioether (sulfide) groups is 1. The number of nitrogens with zero attached hydrogens (tertiary/aromatic N) is 2. The maximum Gasteiger partial charge on any atom is 0.414 e. The number of carboxylic acid groups (broad SMARTS) is 2. The van der Waals surface area contributed by atoms with Crippen LogP contribution in [-0.4, -0.2) is 65.5 Å². The predicted molar refractivity (Wildman–Crippen MR) is 118 cm³/mol. The molecule has 0 aliphatic rings. The third-order valence-corrected chi connectivity index (χ3v) is 4.99. The number of carbonyl (C=O) groups is 2. The minimum atomic E-state index is -1.82. The van der Waals surface area contributed by atoms with Crippen LogP contribution in [0.4, 0.5) is 0 Å². The van der Waals surface area contributed by atoms with Crippen molar-refractivity contribution < 1.29 is 24.5 Å². The molecule has 30 heavy (non-hydrogen) atoms. The van der Waals surface area contributed by atoms with Crippen LogP contribution in [0.3, 0.4) is 0 Å². The molecule has 0 radical (unpaired) electrons. The first-order valence-electron chi connectivity index (χ1n) is 9.11. The van der Waals surface area contributed by atoms with Crippen molar-refractivity contribution in [1.82, 2.24) is 9.88 Å².